The van der Waals surface area contributed by atoms with E-state index >= 15 is 0 Å². The van der Waals surface area contributed by atoms with Crippen LogP contribution in [0.1, 0.15) is 233 Å². The van der Waals surface area contributed by atoms with Gasteiger partial charge < -0.3 is 14.2 Å². The molecule has 0 aromatic rings. The molecule has 0 radical (unpaired) electrons. The fourth-order valence-corrected chi connectivity index (χ4v) is 6.82. The third-order valence-electron chi connectivity index (χ3n) is 10.6. The molecule has 0 bridgehead atoms. The average Bonchev–Trinajstić information content (AvgIpc) is 3.24. The van der Waals surface area contributed by atoms with E-state index in [1.54, 1.807) is 0 Å². The third-order valence-corrected chi connectivity index (χ3v) is 10.6. The molecule has 0 amide bonds. The van der Waals surface area contributed by atoms with Gasteiger partial charge in [0.15, 0.2) is 6.10 Å². The summed E-state index contributed by atoms with van der Waals surface area (Å²) < 4.78 is 16.7. The van der Waals surface area contributed by atoms with Crippen LogP contribution in [0.5, 0.6) is 0 Å². The van der Waals surface area contributed by atoms with Gasteiger partial charge in [-0.25, -0.2) is 0 Å². The number of hydrogen-bond acceptors (Lipinski definition) is 6. The molecule has 0 rings (SSSR count). The van der Waals surface area contributed by atoms with Gasteiger partial charge in [0.2, 0.25) is 0 Å². The maximum atomic E-state index is 12.7. The summed E-state index contributed by atoms with van der Waals surface area (Å²) in [7, 11) is 0. The molecule has 0 aliphatic rings. The highest BCUT2D eigenvalue weighted by Gasteiger charge is 2.19. The summed E-state index contributed by atoms with van der Waals surface area (Å²) in [5.74, 6) is -0.985. The largest absolute Gasteiger partial charge is 0.462 e. The second-order valence-corrected chi connectivity index (χ2v) is 16.5. The highest BCUT2D eigenvalue weighted by atomic mass is 16.6. The molecule has 60 heavy (non-hydrogen) atoms. The van der Waals surface area contributed by atoms with Crippen LogP contribution < -0.4 is 0 Å². The van der Waals surface area contributed by atoms with Gasteiger partial charge in [-0.3, -0.25) is 14.4 Å². The van der Waals surface area contributed by atoms with Gasteiger partial charge in [0.05, 0.1) is 0 Å². The first kappa shape index (κ1) is 56.9. The third kappa shape index (κ3) is 45.9. The molecule has 344 valence electrons. The summed E-state index contributed by atoms with van der Waals surface area (Å²) in [6, 6.07) is 0. The van der Waals surface area contributed by atoms with Crippen molar-refractivity contribution in [1.82, 2.24) is 0 Å². The van der Waals surface area contributed by atoms with Crippen LogP contribution in [0, 0.1) is 0 Å². The number of allylic oxidation sites excluding steroid dienone is 12. The highest BCUT2D eigenvalue weighted by Crippen LogP contribution is 2.14. The lowest BCUT2D eigenvalue weighted by atomic mass is 10.1. The van der Waals surface area contributed by atoms with Gasteiger partial charge in [0.1, 0.15) is 13.2 Å². The molecule has 0 fully saturated rings. The number of ether oxygens (including phenoxy) is 3. The molecule has 0 saturated heterocycles. The molecule has 0 spiro atoms. The van der Waals surface area contributed by atoms with Gasteiger partial charge in [-0.15, -0.1) is 0 Å². The Hall–Kier alpha value is -3.15. The Morgan fingerprint density at radius 3 is 1.10 bits per heavy atom. The van der Waals surface area contributed by atoms with Crippen LogP contribution in [0.4, 0.5) is 0 Å². The Morgan fingerprint density at radius 2 is 0.683 bits per heavy atom. The zero-order valence-corrected chi connectivity index (χ0v) is 39.2. The van der Waals surface area contributed by atoms with Gasteiger partial charge in [-0.1, -0.05) is 229 Å². The van der Waals surface area contributed by atoms with Crippen molar-refractivity contribution < 1.29 is 28.6 Å². The molecular weight excluding hydrogens is 745 g/mol. The zero-order chi connectivity index (χ0) is 43.7. The lowest BCUT2D eigenvalue weighted by Gasteiger charge is -2.18. The maximum absolute atomic E-state index is 12.7. The Morgan fingerprint density at radius 1 is 0.350 bits per heavy atom. The van der Waals surface area contributed by atoms with Crippen molar-refractivity contribution in [2.45, 2.75) is 239 Å². The smallest absolute Gasteiger partial charge is 0.306 e. The molecule has 0 aromatic carbocycles. The van der Waals surface area contributed by atoms with E-state index in [1.165, 1.54) is 135 Å². The quantitative estimate of drug-likeness (QED) is 0.0200. The first-order valence-corrected chi connectivity index (χ1v) is 25.0. The Kier molecular flexibility index (Phi) is 46.0. The van der Waals surface area contributed by atoms with E-state index in [0.29, 0.717) is 19.3 Å². The molecule has 1 unspecified atom stereocenters. The number of esters is 3. The second-order valence-electron chi connectivity index (χ2n) is 16.5. The minimum atomic E-state index is -0.810. The molecule has 0 aliphatic heterocycles. The van der Waals surface area contributed by atoms with E-state index in [1.807, 2.05) is 54.7 Å². The molecule has 0 heterocycles. The lowest BCUT2D eigenvalue weighted by Crippen LogP contribution is -2.30. The summed E-state index contributed by atoms with van der Waals surface area (Å²) in [4.78, 5) is 37.8. The molecule has 1 atom stereocenters. The maximum Gasteiger partial charge on any atom is 0.306 e. The summed E-state index contributed by atoms with van der Waals surface area (Å²) in [6.45, 7) is 6.41. The van der Waals surface area contributed by atoms with Crippen molar-refractivity contribution >= 4 is 17.9 Å². The van der Waals surface area contributed by atoms with Crippen LogP contribution in [0.3, 0.4) is 0 Å². The minimum Gasteiger partial charge on any atom is -0.462 e. The number of carbonyl (C=O) groups is 3. The molecule has 6 nitrogen and oxygen atoms in total. The van der Waals surface area contributed by atoms with Gasteiger partial charge in [-0.2, -0.15) is 0 Å². The van der Waals surface area contributed by atoms with E-state index in [4.69, 9.17) is 14.2 Å². The Balaban J connectivity index is 4.40. The summed E-state index contributed by atoms with van der Waals surface area (Å²) in [6.07, 6.45) is 60.4. The van der Waals surface area contributed by atoms with E-state index in [0.717, 1.165) is 51.4 Å². The molecule has 0 aromatic heterocycles. The van der Waals surface area contributed by atoms with Gasteiger partial charge in [-0.05, 0) is 57.8 Å². The first-order valence-electron chi connectivity index (χ1n) is 25.0. The van der Waals surface area contributed by atoms with Gasteiger partial charge in [0, 0.05) is 19.3 Å². The van der Waals surface area contributed by atoms with E-state index in [9.17, 15) is 14.4 Å². The highest BCUT2D eigenvalue weighted by molar-refractivity contribution is 5.71. The molecule has 0 N–H and O–H groups in total. The van der Waals surface area contributed by atoms with Crippen molar-refractivity contribution in [3.8, 4) is 0 Å². The SMILES string of the molecule is CC\C=C/C=C\C=C/C=C\C=C/CCCC(=O)OC(COC(=O)CCCCCCCCC/C=C\CCCCCCCCCC)COC(=O)CCCCCCCCCCCC. The Labute approximate surface area is 370 Å². The number of unbranched alkanes of at least 4 members (excludes halogenated alkanes) is 25. The van der Waals surface area contributed by atoms with Crippen LogP contribution in [0.2, 0.25) is 0 Å². The van der Waals surface area contributed by atoms with Crippen LogP contribution in [-0.4, -0.2) is 37.2 Å². The van der Waals surface area contributed by atoms with E-state index < -0.39 is 6.10 Å². The Bertz CT molecular complexity index is 1140. The van der Waals surface area contributed by atoms with Gasteiger partial charge >= 0.3 is 17.9 Å². The fraction of sp³-hybridized carbons (Fsp3) is 0.722. The summed E-state index contributed by atoms with van der Waals surface area (Å²) >= 11 is 0. The summed E-state index contributed by atoms with van der Waals surface area (Å²) in [5.41, 5.74) is 0. The molecule has 0 saturated carbocycles. The number of hydrogen-bond donors (Lipinski definition) is 0. The van der Waals surface area contributed by atoms with Crippen molar-refractivity contribution in [2.24, 2.45) is 0 Å². The molecule has 0 aliphatic carbocycles. The topological polar surface area (TPSA) is 78.9 Å². The zero-order valence-electron chi connectivity index (χ0n) is 39.2. The number of rotatable bonds is 44. The standard InChI is InChI=1S/C54H92O6/c1-4-7-10-13-16-19-22-24-25-26-27-28-29-31-32-35-38-41-44-47-53(56)59-50-51(49-58-52(55)46-43-40-37-34-21-18-15-12-9-6-3)60-54(57)48-45-42-39-36-33-30-23-20-17-14-11-8-5-2/h8,11,14,17,20,23,26-27,30,33,36,39,51H,4-7,9-10,12-13,15-16,18-19,21-22,24-25,28-29,31-32,34-35,37-38,40-50H2,1-3H3/b11-8-,17-14-,23-20-,27-26-,33-30-,39-36-. The molecule has 6 heteroatoms. The van der Waals surface area contributed by atoms with Crippen molar-refractivity contribution in [2.75, 3.05) is 13.2 Å². The van der Waals surface area contributed by atoms with Crippen molar-refractivity contribution in [3.05, 3.63) is 72.9 Å². The fourth-order valence-electron chi connectivity index (χ4n) is 6.82. The predicted octanol–water partition coefficient (Wildman–Crippen LogP) is 16.3. The van der Waals surface area contributed by atoms with Crippen LogP contribution >= 0.6 is 0 Å². The molecular formula is C54H92O6. The predicted molar refractivity (Wildman–Crippen MR) is 256 cm³/mol. The average molecular weight is 837 g/mol. The van der Waals surface area contributed by atoms with E-state index in [-0.39, 0.29) is 37.5 Å². The van der Waals surface area contributed by atoms with Crippen LogP contribution in [0.25, 0.3) is 0 Å². The normalized spacial score (nSPS) is 12.7. The van der Waals surface area contributed by atoms with Crippen LogP contribution in [0.15, 0.2) is 72.9 Å². The number of carbonyl (C=O) groups excluding carboxylic acids is 3. The van der Waals surface area contributed by atoms with E-state index in [2.05, 4.69) is 39.0 Å². The van der Waals surface area contributed by atoms with Crippen LogP contribution in [-0.2, 0) is 28.6 Å². The van der Waals surface area contributed by atoms with Gasteiger partial charge in [0.25, 0.3) is 0 Å². The lowest BCUT2D eigenvalue weighted by molar-refractivity contribution is -0.167. The first-order chi connectivity index (χ1) is 29.5. The second kappa shape index (κ2) is 48.5. The summed E-state index contributed by atoms with van der Waals surface area (Å²) in [5, 5.41) is 0. The van der Waals surface area contributed by atoms with Crippen molar-refractivity contribution in [1.29, 1.82) is 0 Å². The monoisotopic (exact) mass is 837 g/mol. The minimum absolute atomic E-state index is 0.104. The van der Waals surface area contributed by atoms with Crippen molar-refractivity contribution in [3.63, 3.8) is 0 Å².